The summed E-state index contributed by atoms with van der Waals surface area (Å²) in [6, 6.07) is 0. The number of aliphatic hydroxyl groups excluding tert-OH is 2. The summed E-state index contributed by atoms with van der Waals surface area (Å²) in [6.45, 7) is 8.26. The fourth-order valence-electron chi connectivity index (χ4n) is 8.64. The van der Waals surface area contributed by atoms with E-state index in [9.17, 15) is 10.2 Å². The summed E-state index contributed by atoms with van der Waals surface area (Å²) in [5.74, 6) is 3.83. The van der Waals surface area contributed by atoms with Crippen LogP contribution in [0.2, 0.25) is 0 Å². The van der Waals surface area contributed by atoms with Gasteiger partial charge in [0.2, 0.25) is 0 Å². The topological polar surface area (TPSA) is 66.5 Å². The van der Waals surface area contributed by atoms with E-state index in [-0.39, 0.29) is 12.2 Å². The molecule has 150 valence electrons. The summed E-state index contributed by atoms with van der Waals surface area (Å²) in [4.78, 5) is 0. The van der Waals surface area contributed by atoms with Crippen LogP contribution in [0.5, 0.6) is 0 Å². The van der Waals surface area contributed by atoms with Gasteiger partial charge in [0.15, 0.2) is 0 Å². The molecule has 0 aromatic rings. The minimum atomic E-state index is -0.156. The Morgan fingerprint density at radius 1 is 0.962 bits per heavy atom. The van der Waals surface area contributed by atoms with E-state index in [4.69, 9.17) is 5.73 Å². The summed E-state index contributed by atoms with van der Waals surface area (Å²) < 4.78 is 0. The van der Waals surface area contributed by atoms with Crippen LogP contribution in [0, 0.1) is 46.3 Å². The summed E-state index contributed by atoms with van der Waals surface area (Å²) in [6.07, 6.45) is 10.0. The van der Waals surface area contributed by atoms with E-state index in [2.05, 4.69) is 20.8 Å². The highest BCUT2D eigenvalue weighted by Gasteiger charge is 2.62. The Morgan fingerprint density at radius 2 is 1.65 bits per heavy atom. The van der Waals surface area contributed by atoms with E-state index in [1.165, 1.54) is 25.7 Å². The molecule has 4 N–H and O–H groups in total. The predicted molar refractivity (Wildman–Crippen MR) is 105 cm³/mol. The van der Waals surface area contributed by atoms with Crippen LogP contribution in [0.15, 0.2) is 0 Å². The Bertz CT molecular complexity index is 524. The molecule has 0 heterocycles. The van der Waals surface area contributed by atoms with E-state index in [1.807, 2.05) is 0 Å². The second-order valence-corrected chi connectivity index (χ2v) is 11.0. The zero-order valence-electron chi connectivity index (χ0n) is 17.2. The molecule has 26 heavy (non-hydrogen) atoms. The molecule has 0 spiro atoms. The molecule has 0 bridgehead atoms. The molecule has 3 nitrogen and oxygen atoms in total. The third-order valence-electron chi connectivity index (χ3n) is 10.0. The number of fused-ring (bicyclic) bond motifs is 5. The van der Waals surface area contributed by atoms with Crippen molar-refractivity contribution in [2.75, 3.05) is 6.54 Å². The molecule has 4 fully saturated rings. The van der Waals surface area contributed by atoms with E-state index in [0.29, 0.717) is 40.4 Å². The van der Waals surface area contributed by atoms with Crippen molar-refractivity contribution >= 4 is 0 Å². The lowest BCUT2D eigenvalue weighted by molar-refractivity contribution is -0.174. The predicted octanol–water partition coefficient (Wildman–Crippen LogP) is 3.96. The maximum absolute atomic E-state index is 11.2. The third kappa shape index (κ3) is 2.71. The first-order valence-corrected chi connectivity index (χ1v) is 11.4. The highest BCUT2D eigenvalue weighted by atomic mass is 16.3. The highest BCUT2D eigenvalue weighted by molar-refractivity contribution is 5.11. The van der Waals surface area contributed by atoms with Gasteiger partial charge in [0.1, 0.15) is 0 Å². The van der Waals surface area contributed by atoms with Crippen LogP contribution < -0.4 is 5.73 Å². The van der Waals surface area contributed by atoms with Crippen LogP contribution in [0.25, 0.3) is 0 Å². The van der Waals surface area contributed by atoms with E-state index < -0.39 is 0 Å². The lowest BCUT2D eigenvalue weighted by Gasteiger charge is -2.62. The van der Waals surface area contributed by atoms with Crippen molar-refractivity contribution in [2.24, 2.45) is 52.1 Å². The van der Waals surface area contributed by atoms with Crippen LogP contribution in [0.4, 0.5) is 0 Å². The molecule has 3 heteroatoms. The smallest absolute Gasteiger partial charge is 0.0577 e. The third-order valence-corrected chi connectivity index (χ3v) is 10.0. The van der Waals surface area contributed by atoms with Crippen LogP contribution in [-0.4, -0.2) is 29.0 Å². The van der Waals surface area contributed by atoms with Gasteiger partial charge in [-0.3, -0.25) is 0 Å². The number of aliphatic hydroxyl groups is 2. The maximum Gasteiger partial charge on any atom is 0.0577 e. The first-order chi connectivity index (χ1) is 12.3. The average Bonchev–Trinajstić information content (AvgIpc) is 2.94. The van der Waals surface area contributed by atoms with Gasteiger partial charge in [0.25, 0.3) is 0 Å². The Hall–Kier alpha value is -0.120. The van der Waals surface area contributed by atoms with Crippen LogP contribution in [0.3, 0.4) is 0 Å². The van der Waals surface area contributed by atoms with Crippen LogP contribution in [0.1, 0.15) is 78.6 Å². The van der Waals surface area contributed by atoms with E-state index in [0.717, 1.165) is 44.6 Å². The quantitative estimate of drug-likeness (QED) is 0.711. The van der Waals surface area contributed by atoms with Gasteiger partial charge in [0.05, 0.1) is 12.2 Å². The van der Waals surface area contributed by atoms with Gasteiger partial charge in [-0.1, -0.05) is 20.8 Å². The van der Waals surface area contributed by atoms with E-state index >= 15 is 0 Å². The van der Waals surface area contributed by atoms with Crippen molar-refractivity contribution in [3.8, 4) is 0 Å². The maximum atomic E-state index is 11.2. The van der Waals surface area contributed by atoms with Crippen molar-refractivity contribution in [2.45, 2.75) is 90.8 Å². The summed E-state index contributed by atoms with van der Waals surface area (Å²) in [7, 11) is 0. The van der Waals surface area contributed by atoms with Crippen molar-refractivity contribution in [3.63, 3.8) is 0 Å². The number of nitrogens with two attached hydrogens (primary N) is 1. The molecule has 0 saturated heterocycles. The van der Waals surface area contributed by atoms with Crippen molar-refractivity contribution in [3.05, 3.63) is 0 Å². The minimum Gasteiger partial charge on any atom is -0.393 e. The van der Waals surface area contributed by atoms with Gasteiger partial charge in [-0.25, -0.2) is 0 Å². The molecule has 0 aromatic heterocycles. The standard InChI is InChI=1S/C23H41NO2/c1-14(8-11-24)17-4-5-18-21-19(7-10-23(17,18)3)22(2)9-6-16(25)12-15(22)13-20(21)26/h14-21,25-26H,4-13,24H2,1-3H3/t14-,15+,16-,17-,18+,19+,20-,21?,22+,23?/m1/s1. The zero-order chi connectivity index (χ0) is 18.7. The Morgan fingerprint density at radius 3 is 2.38 bits per heavy atom. The molecular weight excluding hydrogens is 322 g/mol. The molecule has 0 amide bonds. The molecule has 2 unspecified atom stereocenters. The van der Waals surface area contributed by atoms with Gasteiger partial charge >= 0.3 is 0 Å². The molecular formula is C23H41NO2. The molecule has 0 aromatic carbocycles. The Kier molecular flexibility index (Phi) is 4.98. The largest absolute Gasteiger partial charge is 0.393 e. The van der Waals surface area contributed by atoms with Gasteiger partial charge in [-0.2, -0.15) is 0 Å². The van der Waals surface area contributed by atoms with Crippen molar-refractivity contribution < 1.29 is 10.2 Å². The summed E-state index contributed by atoms with van der Waals surface area (Å²) >= 11 is 0. The lowest BCUT2D eigenvalue weighted by atomic mass is 9.43. The van der Waals surface area contributed by atoms with Crippen LogP contribution >= 0.6 is 0 Å². The fourth-order valence-corrected chi connectivity index (χ4v) is 8.64. The first kappa shape index (κ1) is 19.2. The Balaban J connectivity index is 1.61. The average molecular weight is 364 g/mol. The van der Waals surface area contributed by atoms with Gasteiger partial charge in [0, 0.05) is 0 Å². The second-order valence-electron chi connectivity index (χ2n) is 11.0. The van der Waals surface area contributed by atoms with Gasteiger partial charge in [-0.15, -0.1) is 0 Å². The summed E-state index contributed by atoms with van der Waals surface area (Å²) in [5.41, 5.74) is 6.61. The fraction of sp³-hybridized carbons (Fsp3) is 1.00. The number of hydrogen-bond acceptors (Lipinski definition) is 3. The van der Waals surface area contributed by atoms with E-state index in [1.54, 1.807) is 0 Å². The highest BCUT2D eigenvalue weighted by Crippen LogP contribution is 2.68. The van der Waals surface area contributed by atoms with Crippen molar-refractivity contribution in [1.82, 2.24) is 0 Å². The first-order valence-electron chi connectivity index (χ1n) is 11.4. The molecule has 0 radical (unpaired) electrons. The molecule has 4 saturated carbocycles. The normalized spacial score (nSPS) is 54.9. The van der Waals surface area contributed by atoms with Crippen molar-refractivity contribution in [1.29, 1.82) is 0 Å². The monoisotopic (exact) mass is 363 g/mol. The molecule has 4 aliphatic carbocycles. The van der Waals surface area contributed by atoms with Crippen LogP contribution in [-0.2, 0) is 0 Å². The molecule has 4 aliphatic rings. The molecule has 0 aliphatic heterocycles. The van der Waals surface area contributed by atoms with Gasteiger partial charge < -0.3 is 15.9 Å². The molecule has 10 atom stereocenters. The zero-order valence-corrected chi connectivity index (χ0v) is 17.2. The minimum absolute atomic E-state index is 0.140. The Labute approximate surface area is 160 Å². The SMILES string of the molecule is C[C@H](CCN)[C@H]1CC[C@H]2C3[C@H](O)C[C@@H]4C[C@H](O)CC[C@]4(C)[C@H]3CCC12C. The summed E-state index contributed by atoms with van der Waals surface area (Å²) in [5, 5.41) is 21.4. The lowest BCUT2D eigenvalue weighted by Crippen LogP contribution is -2.58. The van der Waals surface area contributed by atoms with Gasteiger partial charge in [-0.05, 0) is 111 Å². The second kappa shape index (κ2) is 6.74. The number of rotatable bonds is 3. The molecule has 4 rings (SSSR count). The number of hydrogen-bond donors (Lipinski definition) is 3.